The number of fused-ring (bicyclic) bond motifs is 2. The number of amides is 1. The Morgan fingerprint density at radius 2 is 1.93 bits per heavy atom. The Kier molecular flexibility index (Phi) is 8.19. The van der Waals surface area contributed by atoms with Crippen LogP contribution in [0.25, 0.3) is 31.8 Å². The number of hydrogen-bond donors (Lipinski definition) is 2. The summed E-state index contributed by atoms with van der Waals surface area (Å²) in [5, 5.41) is 11.7. The normalized spacial score (nSPS) is 11.0. The molecule has 41 heavy (non-hydrogen) atoms. The molecule has 0 aliphatic rings. The lowest BCUT2D eigenvalue weighted by molar-refractivity contribution is 0.0898. The van der Waals surface area contributed by atoms with Gasteiger partial charge in [0.1, 0.15) is 41.1 Å². The molecule has 0 saturated heterocycles. The molecule has 2 N–H and O–H groups in total. The SMILES string of the molecule is COc1cnc2c(-c3nc4c(Cl)c(F)c(OCCOC(=O)Nc5ccc(C(=O)CO)nc5)cc4s3)cc(C)cc2n1. The summed E-state index contributed by atoms with van der Waals surface area (Å²) in [7, 11) is 1.51. The first-order valence-corrected chi connectivity index (χ1v) is 13.2. The molecule has 0 aliphatic carbocycles. The van der Waals surface area contributed by atoms with Gasteiger partial charge in [0.2, 0.25) is 11.7 Å². The van der Waals surface area contributed by atoms with Crippen LogP contribution >= 0.6 is 22.9 Å². The van der Waals surface area contributed by atoms with Crippen molar-refractivity contribution in [3.8, 4) is 22.2 Å². The van der Waals surface area contributed by atoms with Gasteiger partial charge in [-0.1, -0.05) is 11.6 Å². The number of nitrogens with one attached hydrogen (secondary N) is 1. The van der Waals surface area contributed by atoms with Crippen molar-refractivity contribution < 1.29 is 33.3 Å². The van der Waals surface area contributed by atoms with E-state index in [1.54, 1.807) is 0 Å². The Balaban J connectivity index is 1.27. The molecule has 0 fully saturated rings. The molecule has 1 amide bonds. The summed E-state index contributed by atoms with van der Waals surface area (Å²) >= 11 is 7.62. The van der Waals surface area contributed by atoms with Crippen LogP contribution in [0.1, 0.15) is 16.1 Å². The highest BCUT2D eigenvalue weighted by atomic mass is 35.5. The predicted octanol–water partition coefficient (Wildman–Crippen LogP) is 5.21. The lowest BCUT2D eigenvalue weighted by atomic mass is 10.1. The largest absolute Gasteiger partial charge is 0.487 e. The van der Waals surface area contributed by atoms with Crippen LogP contribution in [0.4, 0.5) is 14.9 Å². The molecule has 0 bridgehead atoms. The number of Topliss-reactive ketones (excluding diaryl/α,β-unsaturated/α-hetero) is 1. The van der Waals surface area contributed by atoms with Crippen molar-refractivity contribution in [1.29, 1.82) is 0 Å². The standard InChI is InChI=1S/C27H21ClFN5O6S/c1-13-7-15(24-17(8-13)33-21(38-2)11-31-24)26-34-25-20(41-26)9-19(23(29)22(25)28)39-5-6-40-27(37)32-14-3-4-16(30-10-14)18(36)12-35/h3-4,7-11,35H,5-6,12H2,1-2H3,(H,32,37). The Morgan fingerprint density at radius 1 is 1.10 bits per heavy atom. The number of carbonyl (C=O) groups is 2. The number of aromatic nitrogens is 4. The van der Waals surface area contributed by atoms with Gasteiger partial charge in [0.25, 0.3) is 0 Å². The quantitative estimate of drug-likeness (QED) is 0.171. The Morgan fingerprint density at radius 3 is 2.66 bits per heavy atom. The van der Waals surface area contributed by atoms with Crippen LogP contribution < -0.4 is 14.8 Å². The number of anilines is 1. The molecular weight excluding hydrogens is 577 g/mol. The van der Waals surface area contributed by atoms with Crippen molar-refractivity contribution in [3.63, 3.8) is 0 Å². The molecule has 0 aliphatic heterocycles. The molecular formula is C27H21ClFN5O6S. The lowest BCUT2D eigenvalue weighted by Gasteiger charge is -2.10. The van der Waals surface area contributed by atoms with Gasteiger partial charge in [-0.15, -0.1) is 11.3 Å². The summed E-state index contributed by atoms with van der Waals surface area (Å²) in [5.41, 5.74) is 3.53. The van der Waals surface area contributed by atoms with E-state index in [4.69, 9.17) is 30.9 Å². The van der Waals surface area contributed by atoms with Crippen molar-refractivity contribution in [2.24, 2.45) is 0 Å². The van der Waals surface area contributed by atoms with Gasteiger partial charge in [-0.2, -0.15) is 0 Å². The summed E-state index contributed by atoms with van der Waals surface area (Å²) in [6, 6.07) is 8.09. The second kappa shape index (κ2) is 12.0. The molecule has 0 atom stereocenters. The maximum absolute atomic E-state index is 15.0. The molecule has 2 aromatic carbocycles. The number of ether oxygens (including phenoxy) is 3. The van der Waals surface area contributed by atoms with Crippen LogP contribution in [-0.2, 0) is 4.74 Å². The zero-order valence-corrected chi connectivity index (χ0v) is 23.2. The fourth-order valence-electron chi connectivity index (χ4n) is 3.86. The minimum Gasteiger partial charge on any atom is -0.487 e. The molecule has 3 heterocycles. The predicted molar refractivity (Wildman–Crippen MR) is 151 cm³/mol. The molecule has 0 saturated carbocycles. The Hall–Kier alpha value is -4.46. The second-order valence-electron chi connectivity index (χ2n) is 8.58. The first kappa shape index (κ1) is 28.1. The van der Waals surface area contributed by atoms with E-state index in [9.17, 15) is 9.59 Å². The minimum atomic E-state index is -0.802. The second-order valence-corrected chi connectivity index (χ2v) is 9.99. The number of aliphatic hydroxyl groups is 1. The topological polar surface area (TPSA) is 146 Å². The molecule has 5 rings (SSSR count). The van der Waals surface area contributed by atoms with E-state index in [0.717, 1.165) is 11.1 Å². The summed E-state index contributed by atoms with van der Waals surface area (Å²) in [4.78, 5) is 40.8. The van der Waals surface area contributed by atoms with Crippen molar-refractivity contribution >= 4 is 61.8 Å². The maximum Gasteiger partial charge on any atom is 0.411 e. The van der Waals surface area contributed by atoms with Crippen molar-refractivity contribution in [2.75, 3.05) is 32.2 Å². The van der Waals surface area contributed by atoms with Crippen molar-refractivity contribution in [2.45, 2.75) is 6.92 Å². The van der Waals surface area contributed by atoms with Gasteiger partial charge in [-0.05, 0) is 36.8 Å². The summed E-state index contributed by atoms with van der Waals surface area (Å²) in [6.07, 6.45) is 1.96. The third-order valence-corrected chi connectivity index (χ3v) is 7.13. The number of thiazole rings is 1. The zero-order valence-electron chi connectivity index (χ0n) is 21.6. The molecule has 5 aromatic rings. The number of nitrogens with zero attached hydrogens (tertiary/aromatic N) is 4. The number of benzene rings is 2. The highest BCUT2D eigenvalue weighted by molar-refractivity contribution is 7.21. The number of halogens is 2. The number of hydrogen-bond acceptors (Lipinski definition) is 11. The number of carbonyl (C=O) groups excluding carboxylic acids is 2. The van der Waals surface area contributed by atoms with Crippen LogP contribution in [0.2, 0.25) is 5.02 Å². The molecule has 0 radical (unpaired) electrons. The van der Waals surface area contributed by atoms with Crippen LogP contribution in [-0.4, -0.2) is 63.8 Å². The first-order valence-electron chi connectivity index (χ1n) is 12.0. The molecule has 0 spiro atoms. The van der Waals surface area contributed by atoms with Crippen molar-refractivity contribution in [1.82, 2.24) is 19.9 Å². The smallest absolute Gasteiger partial charge is 0.411 e. The van der Waals surface area contributed by atoms with E-state index < -0.39 is 24.3 Å². The fourth-order valence-corrected chi connectivity index (χ4v) is 5.18. The van der Waals surface area contributed by atoms with Gasteiger partial charge in [0.05, 0.1) is 40.9 Å². The highest BCUT2D eigenvalue weighted by Crippen LogP contribution is 2.40. The molecule has 3 aromatic heterocycles. The van der Waals surface area contributed by atoms with Crippen molar-refractivity contribution in [3.05, 3.63) is 64.8 Å². The monoisotopic (exact) mass is 597 g/mol. The van der Waals surface area contributed by atoms with E-state index in [-0.39, 0.29) is 40.9 Å². The number of ketones is 1. The number of pyridine rings is 1. The average Bonchev–Trinajstić information content (AvgIpc) is 3.41. The highest BCUT2D eigenvalue weighted by Gasteiger charge is 2.20. The Labute approximate surface area is 240 Å². The van der Waals surface area contributed by atoms with Crippen LogP contribution in [0.5, 0.6) is 11.6 Å². The molecule has 0 unspecified atom stereocenters. The number of aliphatic hydroxyl groups excluding tert-OH is 1. The van der Waals surface area contributed by atoms with E-state index >= 15 is 4.39 Å². The van der Waals surface area contributed by atoms with Crippen LogP contribution in [0, 0.1) is 12.7 Å². The summed E-state index contributed by atoms with van der Waals surface area (Å²) < 4.78 is 31.4. The van der Waals surface area contributed by atoms with Gasteiger partial charge in [0.15, 0.2) is 11.6 Å². The van der Waals surface area contributed by atoms with E-state index in [1.807, 2.05) is 19.1 Å². The Bertz CT molecular complexity index is 1780. The first-order chi connectivity index (χ1) is 19.8. The third kappa shape index (κ3) is 6.01. The molecule has 14 heteroatoms. The van der Waals surface area contributed by atoms with Crippen LogP contribution in [0.3, 0.4) is 0 Å². The van der Waals surface area contributed by atoms with E-state index in [1.165, 1.54) is 49.0 Å². The van der Waals surface area contributed by atoms with Gasteiger partial charge < -0.3 is 19.3 Å². The summed E-state index contributed by atoms with van der Waals surface area (Å²) in [5.74, 6) is -1.07. The minimum absolute atomic E-state index is 0.0621. The van der Waals surface area contributed by atoms with Crippen LogP contribution in [0.15, 0.2) is 42.7 Å². The molecule has 11 nitrogen and oxygen atoms in total. The van der Waals surface area contributed by atoms with Gasteiger partial charge in [-0.25, -0.2) is 24.1 Å². The third-order valence-electron chi connectivity index (χ3n) is 5.75. The number of aryl methyl sites for hydroxylation is 1. The van der Waals surface area contributed by atoms with Gasteiger partial charge >= 0.3 is 6.09 Å². The van der Waals surface area contributed by atoms with E-state index in [2.05, 4.69) is 25.3 Å². The van der Waals surface area contributed by atoms with E-state index in [0.29, 0.717) is 26.6 Å². The fraction of sp³-hybridized carbons (Fsp3) is 0.185. The maximum atomic E-state index is 15.0. The summed E-state index contributed by atoms with van der Waals surface area (Å²) in [6.45, 7) is 0.910. The molecule has 210 valence electrons. The number of rotatable bonds is 9. The lowest BCUT2D eigenvalue weighted by Crippen LogP contribution is -2.18. The van der Waals surface area contributed by atoms with Gasteiger partial charge in [0, 0.05) is 11.6 Å². The average molecular weight is 598 g/mol. The van der Waals surface area contributed by atoms with Gasteiger partial charge in [-0.3, -0.25) is 15.1 Å². The zero-order chi connectivity index (χ0) is 29.1. The number of methoxy groups -OCH3 is 1.